The van der Waals surface area contributed by atoms with Crippen LogP contribution in [0.15, 0.2) is 48.5 Å². The minimum absolute atomic E-state index is 0.0538. The van der Waals surface area contributed by atoms with Crippen molar-refractivity contribution < 1.29 is 14.4 Å². The zero-order valence-electron chi connectivity index (χ0n) is 14.7. The molecule has 0 spiro atoms. The van der Waals surface area contributed by atoms with E-state index in [1.807, 2.05) is 0 Å². The van der Waals surface area contributed by atoms with Crippen LogP contribution in [0.3, 0.4) is 0 Å². The summed E-state index contributed by atoms with van der Waals surface area (Å²) in [6.45, 7) is 2.00. The van der Waals surface area contributed by atoms with Crippen molar-refractivity contribution in [2.45, 2.75) is 18.9 Å². The van der Waals surface area contributed by atoms with Crippen molar-refractivity contribution in [3.63, 3.8) is 0 Å². The Morgan fingerprint density at radius 2 is 1.67 bits per heavy atom. The highest BCUT2D eigenvalue weighted by Gasteiger charge is 2.44. The number of ketones is 1. The van der Waals surface area contributed by atoms with Gasteiger partial charge in [0.05, 0.1) is 6.54 Å². The number of benzene rings is 2. The fourth-order valence-corrected chi connectivity index (χ4v) is 3.44. The summed E-state index contributed by atoms with van der Waals surface area (Å²) in [4.78, 5) is 39.2. The highest BCUT2D eigenvalue weighted by atomic mass is 35.5. The van der Waals surface area contributed by atoms with Gasteiger partial charge in [0, 0.05) is 27.7 Å². The van der Waals surface area contributed by atoms with Crippen molar-refractivity contribution >= 4 is 40.8 Å². The second-order valence-corrected chi connectivity index (χ2v) is 7.58. The van der Waals surface area contributed by atoms with Gasteiger partial charge in [0.1, 0.15) is 5.54 Å². The Bertz CT molecular complexity index is 916. The fraction of sp³-hybridized carbons (Fsp3) is 0.250. The minimum Gasteiger partial charge on any atom is -0.338 e. The summed E-state index contributed by atoms with van der Waals surface area (Å²) in [5.74, 6) is -0.860. The van der Waals surface area contributed by atoms with E-state index in [2.05, 4.69) is 5.32 Å². The molecule has 0 bridgehead atoms. The van der Waals surface area contributed by atoms with Gasteiger partial charge in [-0.1, -0.05) is 41.4 Å². The summed E-state index contributed by atoms with van der Waals surface area (Å²) in [6.07, 6.45) is 0.418. The molecule has 1 aliphatic rings. The number of likely N-dealkylation sites (tertiary alicyclic amines) is 1. The third-order valence-corrected chi connectivity index (χ3v) is 5.07. The lowest BCUT2D eigenvalue weighted by Crippen LogP contribution is -2.52. The van der Waals surface area contributed by atoms with Gasteiger partial charge in [0.25, 0.3) is 5.91 Å². The van der Waals surface area contributed by atoms with Gasteiger partial charge < -0.3 is 10.2 Å². The van der Waals surface area contributed by atoms with Gasteiger partial charge >= 0.3 is 0 Å². The van der Waals surface area contributed by atoms with Gasteiger partial charge in [0.15, 0.2) is 5.78 Å². The molecule has 140 valence electrons. The zero-order valence-corrected chi connectivity index (χ0v) is 16.2. The first-order chi connectivity index (χ1) is 12.8. The number of hydrogen-bond acceptors (Lipinski definition) is 3. The topological polar surface area (TPSA) is 66.5 Å². The molecule has 0 radical (unpaired) electrons. The number of amides is 2. The first-order valence-electron chi connectivity index (χ1n) is 8.45. The van der Waals surface area contributed by atoms with Crippen molar-refractivity contribution in [3.05, 3.63) is 69.7 Å². The highest BCUT2D eigenvalue weighted by molar-refractivity contribution is 6.31. The lowest BCUT2D eigenvalue weighted by molar-refractivity contribution is -0.132. The van der Waals surface area contributed by atoms with Crippen LogP contribution in [0.25, 0.3) is 0 Å². The molecular weight excluding hydrogens is 387 g/mol. The molecule has 7 heteroatoms. The molecule has 27 heavy (non-hydrogen) atoms. The quantitative estimate of drug-likeness (QED) is 0.774. The molecule has 5 nitrogen and oxygen atoms in total. The lowest BCUT2D eigenvalue weighted by atomic mass is 10.00. The molecule has 3 rings (SSSR count). The van der Waals surface area contributed by atoms with E-state index in [0.29, 0.717) is 34.1 Å². The van der Waals surface area contributed by atoms with Gasteiger partial charge in [-0.3, -0.25) is 14.4 Å². The van der Waals surface area contributed by atoms with Crippen molar-refractivity contribution in [2.24, 2.45) is 0 Å². The Hall–Kier alpha value is -2.37. The predicted molar refractivity (Wildman–Crippen MR) is 104 cm³/mol. The Morgan fingerprint density at radius 3 is 2.30 bits per heavy atom. The number of halogens is 2. The summed E-state index contributed by atoms with van der Waals surface area (Å²) >= 11 is 11.8. The second kappa shape index (κ2) is 7.71. The number of nitrogens with zero attached hydrogens (tertiary/aromatic N) is 1. The number of nitrogens with one attached hydrogen (secondary N) is 1. The maximum absolute atomic E-state index is 12.8. The molecule has 1 saturated heterocycles. The number of hydrogen-bond donors (Lipinski definition) is 1. The van der Waals surface area contributed by atoms with Crippen molar-refractivity contribution in [3.8, 4) is 0 Å². The maximum atomic E-state index is 12.8. The van der Waals surface area contributed by atoms with Crippen LogP contribution in [0.4, 0.5) is 0 Å². The van der Waals surface area contributed by atoms with E-state index < -0.39 is 5.54 Å². The van der Waals surface area contributed by atoms with E-state index in [4.69, 9.17) is 23.2 Å². The Labute approximate surface area is 167 Å². The van der Waals surface area contributed by atoms with E-state index in [9.17, 15) is 14.4 Å². The van der Waals surface area contributed by atoms with E-state index in [0.717, 1.165) is 0 Å². The molecular formula is C20H18Cl2N2O3. The molecule has 1 fully saturated rings. The normalized spacial score (nSPS) is 19.2. The van der Waals surface area contributed by atoms with E-state index >= 15 is 0 Å². The van der Waals surface area contributed by atoms with Crippen molar-refractivity contribution in [1.82, 2.24) is 10.2 Å². The monoisotopic (exact) mass is 404 g/mol. The molecule has 2 aromatic carbocycles. The van der Waals surface area contributed by atoms with Gasteiger partial charge in [-0.05, 0) is 43.7 Å². The predicted octanol–water partition coefficient (Wildman–Crippen LogP) is 3.60. The average molecular weight is 405 g/mol. The van der Waals surface area contributed by atoms with Crippen LogP contribution in [-0.2, 0) is 4.79 Å². The molecule has 1 N–H and O–H groups in total. The zero-order chi connectivity index (χ0) is 19.6. The van der Waals surface area contributed by atoms with Gasteiger partial charge in [0.2, 0.25) is 5.91 Å². The minimum atomic E-state index is -1.06. The molecule has 2 aromatic rings. The largest absolute Gasteiger partial charge is 0.338 e. The molecule has 0 aliphatic carbocycles. The average Bonchev–Trinajstić information content (AvgIpc) is 2.90. The molecule has 1 heterocycles. The summed E-state index contributed by atoms with van der Waals surface area (Å²) in [5, 5.41) is 3.69. The smallest absolute Gasteiger partial charge is 0.252 e. The summed E-state index contributed by atoms with van der Waals surface area (Å²) in [7, 11) is 0. The molecule has 2 amide bonds. The molecule has 0 aromatic heterocycles. The van der Waals surface area contributed by atoms with Gasteiger partial charge in [-0.25, -0.2) is 0 Å². The van der Waals surface area contributed by atoms with Crippen molar-refractivity contribution in [1.29, 1.82) is 0 Å². The van der Waals surface area contributed by atoms with Gasteiger partial charge in [-0.2, -0.15) is 0 Å². The Kier molecular flexibility index (Phi) is 5.53. The highest BCUT2D eigenvalue weighted by Crippen LogP contribution is 2.24. The molecule has 1 aliphatic heterocycles. The standard InChI is InChI=1S/C20H18Cl2N2O3/c1-20(23-18(26)14-5-3-7-16(22)11-14)8-9-24(19(20)27)12-17(25)13-4-2-6-15(21)10-13/h2-7,10-11H,8-9,12H2,1H3,(H,23,26). The Balaban J connectivity index is 1.68. The first kappa shape index (κ1) is 19.4. The van der Waals surface area contributed by atoms with Crippen LogP contribution in [0.1, 0.15) is 34.1 Å². The molecule has 0 saturated carbocycles. The summed E-state index contributed by atoms with van der Waals surface area (Å²) < 4.78 is 0. The first-order valence-corrected chi connectivity index (χ1v) is 9.20. The molecule has 1 unspecified atom stereocenters. The van der Waals surface area contributed by atoms with Crippen LogP contribution in [0.5, 0.6) is 0 Å². The SMILES string of the molecule is CC1(NC(=O)c2cccc(Cl)c2)CCN(CC(=O)c2cccc(Cl)c2)C1=O. The molecule has 1 atom stereocenters. The number of carbonyl (C=O) groups excluding carboxylic acids is 3. The van der Waals surface area contributed by atoms with Crippen molar-refractivity contribution in [2.75, 3.05) is 13.1 Å². The number of carbonyl (C=O) groups is 3. The maximum Gasteiger partial charge on any atom is 0.252 e. The number of Topliss-reactive ketones (excluding diaryl/α,β-unsaturated/α-hetero) is 1. The van der Waals surface area contributed by atoms with E-state index in [-0.39, 0.29) is 24.1 Å². The fourth-order valence-electron chi connectivity index (χ4n) is 3.06. The van der Waals surface area contributed by atoms with E-state index in [1.165, 1.54) is 4.90 Å². The third-order valence-electron chi connectivity index (χ3n) is 4.60. The second-order valence-electron chi connectivity index (χ2n) is 6.71. The Morgan fingerprint density at radius 1 is 1.07 bits per heavy atom. The third kappa shape index (κ3) is 4.31. The van der Waals surface area contributed by atoms with Crippen LogP contribution in [0.2, 0.25) is 10.0 Å². The van der Waals surface area contributed by atoms with Crippen LogP contribution in [-0.4, -0.2) is 41.1 Å². The van der Waals surface area contributed by atoms with E-state index in [1.54, 1.807) is 55.5 Å². The summed E-state index contributed by atoms with van der Waals surface area (Å²) in [5.41, 5.74) is -0.231. The van der Waals surface area contributed by atoms with Crippen LogP contribution >= 0.6 is 23.2 Å². The summed E-state index contributed by atoms with van der Waals surface area (Å²) in [6, 6.07) is 13.1. The van der Waals surface area contributed by atoms with Crippen LogP contribution < -0.4 is 5.32 Å². The number of rotatable bonds is 5. The van der Waals surface area contributed by atoms with Gasteiger partial charge in [-0.15, -0.1) is 0 Å². The van der Waals surface area contributed by atoms with Crippen LogP contribution in [0, 0.1) is 0 Å². The lowest BCUT2D eigenvalue weighted by Gasteiger charge is -2.24.